The molecular formula is C15H26N2O2S. The number of hydrogen-bond donors (Lipinski definition) is 1. The Hall–Kier alpha value is -0.940. The van der Waals surface area contributed by atoms with Gasteiger partial charge in [-0.3, -0.25) is 0 Å². The van der Waals surface area contributed by atoms with Crippen molar-refractivity contribution in [3.8, 4) is 0 Å². The highest BCUT2D eigenvalue weighted by Gasteiger charge is 2.19. The Morgan fingerprint density at radius 2 is 2.05 bits per heavy atom. The van der Waals surface area contributed by atoms with Crippen molar-refractivity contribution in [1.82, 2.24) is 9.88 Å². The first-order chi connectivity index (χ1) is 9.49. The number of nitrogens with zero attached hydrogens (tertiary/aromatic N) is 2. The fourth-order valence-corrected chi connectivity index (χ4v) is 3.14. The predicted octanol–water partition coefficient (Wildman–Crippen LogP) is 3.63. The van der Waals surface area contributed by atoms with Crippen LogP contribution in [0.15, 0.2) is 0 Å². The van der Waals surface area contributed by atoms with Crippen molar-refractivity contribution in [3.63, 3.8) is 0 Å². The van der Waals surface area contributed by atoms with Crippen LogP contribution in [0.4, 0.5) is 0 Å². The fraction of sp³-hybridized carbons (Fsp3) is 0.733. The molecule has 1 N–H and O–H groups in total. The summed E-state index contributed by atoms with van der Waals surface area (Å²) in [5.74, 6) is -0.691. The molecule has 0 radical (unpaired) electrons. The van der Waals surface area contributed by atoms with Crippen LogP contribution in [-0.2, 0) is 6.42 Å². The van der Waals surface area contributed by atoms with Crippen LogP contribution in [0.25, 0.3) is 0 Å². The number of carboxylic acid groups (broad SMARTS) is 1. The van der Waals surface area contributed by atoms with E-state index in [9.17, 15) is 9.90 Å². The Kier molecular flexibility index (Phi) is 7.16. The molecule has 114 valence electrons. The van der Waals surface area contributed by atoms with E-state index in [4.69, 9.17) is 0 Å². The molecule has 1 heterocycles. The zero-order valence-electron chi connectivity index (χ0n) is 13.0. The molecule has 20 heavy (non-hydrogen) atoms. The molecule has 0 unspecified atom stereocenters. The molecule has 0 amide bonds. The SMILES string of the molecule is CCCCN(CC)CCc1nc(C(C)C)c(C(=O)O)s1. The number of carboxylic acids is 1. The number of rotatable bonds is 9. The topological polar surface area (TPSA) is 53.4 Å². The Bertz CT molecular complexity index is 430. The lowest BCUT2D eigenvalue weighted by molar-refractivity contribution is 0.0700. The van der Waals surface area contributed by atoms with E-state index < -0.39 is 5.97 Å². The van der Waals surface area contributed by atoms with Crippen LogP contribution >= 0.6 is 11.3 Å². The lowest BCUT2D eigenvalue weighted by Crippen LogP contribution is -2.26. The van der Waals surface area contributed by atoms with E-state index in [-0.39, 0.29) is 5.92 Å². The molecule has 0 spiro atoms. The highest BCUT2D eigenvalue weighted by atomic mass is 32.1. The average molecular weight is 298 g/mol. The largest absolute Gasteiger partial charge is 0.477 e. The van der Waals surface area contributed by atoms with E-state index in [0.717, 1.165) is 36.8 Å². The second-order valence-electron chi connectivity index (χ2n) is 5.32. The second-order valence-corrected chi connectivity index (χ2v) is 6.40. The Morgan fingerprint density at radius 1 is 1.35 bits per heavy atom. The van der Waals surface area contributed by atoms with Crippen LogP contribution in [0.5, 0.6) is 0 Å². The summed E-state index contributed by atoms with van der Waals surface area (Å²) < 4.78 is 0. The summed E-state index contributed by atoms with van der Waals surface area (Å²) in [4.78, 5) is 18.6. The third-order valence-electron chi connectivity index (χ3n) is 3.36. The van der Waals surface area contributed by atoms with Gasteiger partial charge in [-0.25, -0.2) is 9.78 Å². The molecule has 0 bridgehead atoms. The van der Waals surface area contributed by atoms with Crippen LogP contribution in [0.3, 0.4) is 0 Å². The van der Waals surface area contributed by atoms with E-state index >= 15 is 0 Å². The maximum atomic E-state index is 11.2. The van der Waals surface area contributed by atoms with Gasteiger partial charge in [0.15, 0.2) is 0 Å². The Balaban J connectivity index is 2.68. The van der Waals surface area contributed by atoms with Gasteiger partial charge >= 0.3 is 5.97 Å². The Morgan fingerprint density at radius 3 is 2.50 bits per heavy atom. The lowest BCUT2D eigenvalue weighted by atomic mass is 10.1. The van der Waals surface area contributed by atoms with Gasteiger partial charge in [0.1, 0.15) is 4.88 Å². The lowest BCUT2D eigenvalue weighted by Gasteiger charge is -2.19. The number of thiazole rings is 1. The monoisotopic (exact) mass is 298 g/mol. The van der Waals surface area contributed by atoms with E-state index in [1.165, 1.54) is 24.2 Å². The minimum absolute atomic E-state index is 0.161. The molecule has 0 saturated carbocycles. The number of aromatic carboxylic acids is 1. The molecule has 5 heteroatoms. The summed E-state index contributed by atoms with van der Waals surface area (Å²) in [6.45, 7) is 11.5. The first kappa shape index (κ1) is 17.1. The molecule has 1 aromatic heterocycles. The van der Waals surface area contributed by atoms with E-state index in [1.807, 2.05) is 13.8 Å². The molecule has 0 aromatic carbocycles. The number of unbranched alkanes of at least 4 members (excludes halogenated alkanes) is 1. The van der Waals surface area contributed by atoms with Gasteiger partial charge in [-0.15, -0.1) is 11.3 Å². The third kappa shape index (κ3) is 4.87. The summed E-state index contributed by atoms with van der Waals surface area (Å²) in [6, 6.07) is 0. The number of aromatic nitrogens is 1. The zero-order chi connectivity index (χ0) is 15.1. The molecule has 0 aliphatic heterocycles. The van der Waals surface area contributed by atoms with Gasteiger partial charge < -0.3 is 10.0 Å². The van der Waals surface area contributed by atoms with Crippen LogP contribution in [0, 0.1) is 0 Å². The summed E-state index contributed by atoms with van der Waals surface area (Å²) >= 11 is 1.33. The number of carbonyl (C=O) groups is 1. The molecule has 0 saturated heterocycles. The van der Waals surface area contributed by atoms with Gasteiger partial charge in [0.05, 0.1) is 10.7 Å². The minimum Gasteiger partial charge on any atom is -0.477 e. The number of likely N-dealkylation sites (N-methyl/N-ethyl adjacent to an activating group) is 1. The van der Waals surface area contributed by atoms with Crippen LogP contribution in [-0.4, -0.2) is 40.6 Å². The predicted molar refractivity (Wildman–Crippen MR) is 83.9 cm³/mol. The van der Waals surface area contributed by atoms with Gasteiger partial charge in [-0.05, 0) is 25.4 Å². The minimum atomic E-state index is -0.851. The third-order valence-corrected chi connectivity index (χ3v) is 4.47. The molecule has 0 aliphatic rings. The molecule has 0 atom stereocenters. The molecule has 0 fully saturated rings. The van der Waals surface area contributed by atoms with Gasteiger partial charge in [0.2, 0.25) is 0 Å². The van der Waals surface area contributed by atoms with Crippen molar-refractivity contribution < 1.29 is 9.90 Å². The quantitative estimate of drug-likeness (QED) is 0.756. The summed E-state index contributed by atoms with van der Waals surface area (Å²) in [7, 11) is 0. The van der Waals surface area contributed by atoms with Gasteiger partial charge in [0, 0.05) is 13.0 Å². The number of hydrogen-bond acceptors (Lipinski definition) is 4. The van der Waals surface area contributed by atoms with Crippen LogP contribution in [0.2, 0.25) is 0 Å². The smallest absolute Gasteiger partial charge is 0.347 e. The highest BCUT2D eigenvalue weighted by Crippen LogP contribution is 2.25. The van der Waals surface area contributed by atoms with E-state index in [0.29, 0.717) is 4.88 Å². The van der Waals surface area contributed by atoms with Crippen molar-refractivity contribution in [2.24, 2.45) is 0 Å². The van der Waals surface area contributed by atoms with Crippen molar-refractivity contribution >= 4 is 17.3 Å². The summed E-state index contributed by atoms with van der Waals surface area (Å²) in [5, 5.41) is 10.2. The molecule has 0 aliphatic carbocycles. The average Bonchev–Trinajstić information content (AvgIpc) is 2.83. The summed E-state index contributed by atoms with van der Waals surface area (Å²) in [6.07, 6.45) is 3.26. The van der Waals surface area contributed by atoms with Gasteiger partial charge in [-0.1, -0.05) is 34.1 Å². The van der Waals surface area contributed by atoms with Crippen molar-refractivity contribution in [1.29, 1.82) is 0 Å². The van der Waals surface area contributed by atoms with Crippen molar-refractivity contribution in [3.05, 3.63) is 15.6 Å². The van der Waals surface area contributed by atoms with E-state index in [1.54, 1.807) is 0 Å². The molecule has 4 nitrogen and oxygen atoms in total. The normalized spacial score (nSPS) is 11.5. The maximum Gasteiger partial charge on any atom is 0.347 e. The maximum absolute atomic E-state index is 11.2. The van der Waals surface area contributed by atoms with E-state index in [2.05, 4.69) is 23.7 Å². The molecule has 1 rings (SSSR count). The second kappa shape index (κ2) is 8.37. The fourth-order valence-electron chi connectivity index (χ4n) is 2.09. The van der Waals surface area contributed by atoms with Crippen LogP contribution in [0.1, 0.15) is 66.8 Å². The van der Waals surface area contributed by atoms with Crippen LogP contribution < -0.4 is 0 Å². The standard InChI is InChI=1S/C15H26N2O2S/c1-5-7-9-17(6-2)10-8-12-16-13(11(3)4)14(20-12)15(18)19/h11H,5-10H2,1-4H3,(H,18,19). The zero-order valence-corrected chi connectivity index (χ0v) is 13.8. The van der Waals surface area contributed by atoms with Gasteiger partial charge in [0.25, 0.3) is 0 Å². The Labute approximate surface area is 125 Å². The first-order valence-corrected chi connectivity index (χ1v) is 8.26. The highest BCUT2D eigenvalue weighted by molar-refractivity contribution is 7.13. The summed E-state index contributed by atoms with van der Waals surface area (Å²) in [5.41, 5.74) is 0.731. The van der Waals surface area contributed by atoms with Crippen molar-refractivity contribution in [2.45, 2.75) is 52.9 Å². The van der Waals surface area contributed by atoms with Gasteiger partial charge in [-0.2, -0.15) is 0 Å². The molecular weight excluding hydrogens is 272 g/mol. The molecule has 1 aromatic rings. The van der Waals surface area contributed by atoms with Crippen molar-refractivity contribution in [2.75, 3.05) is 19.6 Å². The first-order valence-electron chi connectivity index (χ1n) is 7.44.